The lowest BCUT2D eigenvalue weighted by atomic mass is 10.1. The Morgan fingerprint density at radius 1 is 1.06 bits per heavy atom. The molecule has 0 aliphatic heterocycles. The van der Waals surface area contributed by atoms with Crippen molar-refractivity contribution in [3.05, 3.63) is 35.4 Å². The van der Waals surface area contributed by atoms with Gasteiger partial charge in [0.1, 0.15) is 0 Å². The van der Waals surface area contributed by atoms with Crippen molar-refractivity contribution in [1.29, 1.82) is 0 Å². The molecule has 18 heavy (non-hydrogen) atoms. The molecule has 1 aromatic carbocycles. The summed E-state index contributed by atoms with van der Waals surface area (Å²) < 4.78 is 22.9. The third-order valence-electron chi connectivity index (χ3n) is 2.43. The van der Waals surface area contributed by atoms with Gasteiger partial charge in [0.15, 0.2) is 0 Å². The van der Waals surface area contributed by atoms with Gasteiger partial charge in [0.05, 0.1) is 19.4 Å². The van der Waals surface area contributed by atoms with Gasteiger partial charge < -0.3 is 9.05 Å². The third-order valence-corrected chi connectivity index (χ3v) is 4.89. The zero-order valence-corrected chi connectivity index (χ0v) is 13.4. The molecular weight excluding hydrogens is 315 g/mol. The highest BCUT2D eigenvalue weighted by molar-refractivity contribution is 9.09. The Balaban J connectivity index is 2.71. The van der Waals surface area contributed by atoms with Crippen molar-refractivity contribution >= 4 is 23.5 Å². The summed E-state index contributed by atoms with van der Waals surface area (Å²) in [6.07, 6.45) is 1.33. The van der Waals surface area contributed by atoms with Gasteiger partial charge >= 0.3 is 7.60 Å². The van der Waals surface area contributed by atoms with Gasteiger partial charge in [0, 0.05) is 5.33 Å². The molecule has 0 unspecified atom stereocenters. The van der Waals surface area contributed by atoms with Gasteiger partial charge in [-0.2, -0.15) is 0 Å². The average molecular weight is 335 g/mol. The monoisotopic (exact) mass is 334 g/mol. The Morgan fingerprint density at radius 2 is 1.56 bits per heavy atom. The summed E-state index contributed by atoms with van der Waals surface area (Å²) >= 11 is 3.41. The van der Waals surface area contributed by atoms with E-state index in [1.807, 2.05) is 26.0 Å². The summed E-state index contributed by atoms with van der Waals surface area (Å²) in [6, 6.07) is 8.09. The number of hydrogen-bond acceptors (Lipinski definition) is 3. The Hall–Kier alpha value is -0.150. The van der Waals surface area contributed by atoms with Crippen LogP contribution < -0.4 is 0 Å². The smallest absolute Gasteiger partial charge is 0.309 e. The second kappa shape index (κ2) is 8.11. The van der Waals surface area contributed by atoms with Crippen LogP contribution in [0.1, 0.15) is 25.0 Å². The second-order valence-corrected chi connectivity index (χ2v) is 6.71. The molecule has 0 aliphatic rings. The van der Waals surface area contributed by atoms with Gasteiger partial charge in [-0.25, -0.2) is 0 Å². The minimum absolute atomic E-state index is 0.337. The fourth-order valence-corrected chi connectivity index (χ4v) is 3.83. The van der Waals surface area contributed by atoms with Crippen LogP contribution in [0.5, 0.6) is 0 Å². The van der Waals surface area contributed by atoms with Gasteiger partial charge in [-0.15, -0.1) is 0 Å². The number of hydrogen-bond donors (Lipinski definition) is 0. The van der Waals surface area contributed by atoms with Gasteiger partial charge in [0.25, 0.3) is 0 Å². The summed E-state index contributed by atoms with van der Waals surface area (Å²) in [6.45, 7) is 4.45. The minimum atomic E-state index is -2.98. The van der Waals surface area contributed by atoms with Crippen molar-refractivity contribution in [2.75, 3.05) is 18.5 Å². The molecule has 1 aromatic rings. The fraction of sp³-hybridized carbons (Fsp3) is 0.538. The van der Waals surface area contributed by atoms with Crippen LogP contribution >= 0.6 is 23.5 Å². The van der Waals surface area contributed by atoms with Crippen LogP contribution in [0, 0.1) is 0 Å². The van der Waals surface area contributed by atoms with E-state index in [1.165, 1.54) is 5.56 Å². The maximum Gasteiger partial charge on any atom is 0.335 e. The topological polar surface area (TPSA) is 35.5 Å². The summed E-state index contributed by atoms with van der Waals surface area (Å²) in [5, 5.41) is 0.947. The first-order valence-electron chi connectivity index (χ1n) is 6.15. The molecule has 0 saturated carbocycles. The zero-order chi connectivity index (χ0) is 13.4. The fourth-order valence-electron chi connectivity index (χ4n) is 1.67. The van der Waals surface area contributed by atoms with Crippen LogP contribution in [-0.2, 0) is 26.2 Å². The Kier molecular flexibility index (Phi) is 7.16. The highest BCUT2D eigenvalue weighted by Gasteiger charge is 2.23. The van der Waals surface area contributed by atoms with Gasteiger partial charge in [0.2, 0.25) is 0 Å². The number of rotatable bonds is 8. The number of alkyl halides is 1. The van der Waals surface area contributed by atoms with Crippen LogP contribution in [0.2, 0.25) is 0 Å². The van der Waals surface area contributed by atoms with Crippen molar-refractivity contribution in [2.45, 2.75) is 26.4 Å². The summed E-state index contributed by atoms with van der Waals surface area (Å²) in [5.74, 6) is 0. The lowest BCUT2D eigenvalue weighted by Crippen LogP contribution is -1.99. The molecule has 0 bridgehead atoms. The zero-order valence-electron chi connectivity index (χ0n) is 10.9. The van der Waals surface area contributed by atoms with Crippen LogP contribution in [0.3, 0.4) is 0 Å². The molecule has 0 fully saturated rings. The first-order chi connectivity index (χ1) is 8.63. The highest BCUT2D eigenvalue weighted by atomic mass is 79.9. The first-order valence-corrected chi connectivity index (χ1v) is 9.00. The molecule has 0 radical (unpaired) electrons. The number of halogens is 1. The van der Waals surface area contributed by atoms with E-state index < -0.39 is 7.60 Å². The molecule has 0 aromatic heterocycles. The van der Waals surface area contributed by atoms with Gasteiger partial charge in [-0.1, -0.05) is 40.2 Å². The van der Waals surface area contributed by atoms with Crippen molar-refractivity contribution in [3.63, 3.8) is 0 Å². The van der Waals surface area contributed by atoms with Crippen LogP contribution in [0.15, 0.2) is 24.3 Å². The minimum Gasteiger partial charge on any atom is -0.309 e. The van der Waals surface area contributed by atoms with Crippen molar-refractivity contribution in [3.8, 4) is 0 Å². The quantitative estimate of drug-likeness (QED) is 0.522. The van der Waals surface area contributed by atoms with E-state index >= 15 is 0 Å². The SMILES string of the molecule is CCOP(=O)(Cc1ccc(CCBr)cc1)OCC. The van der Waals surface area contributed by atoms with Crippen LogP contribution in [0.25, 0.3) is 0 Å². The number of aryl methyl sites for hydroxylation is 1. The largest absolute Gasteiger partial charge is 0.335 e. The standard InChI is InChI=1S/C13H20BrO3P/c1-3-16-18(15,17-4-2)11-13-7-5-12(6-8-13)9-10-14/h5-8H,3-4,9-11H2,1-2H3. The summed E-state index contributed by atoms with van der Waals surface area (Å²) in [4.78, 5) is 0. The Labute approximate surface area is 118 Å². The lowest BCUT2D eigenvalue weighted by Gasteiger charge is -2.17. The van der Waals surface area contributed by atoms with Gasteiger partial charge in [-0.3, -0.25) is 4.57 Å². The Bertz CT molecular complexity index is 382. The van der Waals surface area contributed by atoms with Gasteiger partial charge in [-0.05, 0) is 31.4 Å². The van der Waals surface area contributed by atoms with Crippen molar-refractivity contribution in [1.82, 2.24) is 0 Å². The molecule has 3 nitrogen and oxygen atoms in total. The molecule has 0 aliphatic carbocycles. The molecule has 102 valence electrons. The second-order valence-electron chi connectivity index (χ2n) is 3.86. The molecule has 0 saturated heterocycles. The lowest BCUT2D eigenvalue weighted by molar-refractivity contribution is 0.219. The molecule has 5 heteroatoms. The normalized spacial score (nSPS) is 11.7. The summed E-state index contributed by atoms with van der Waals surface area (Å²) in [5.41, 5.74) is 2.25. The van der Waals surface area contributed by atoms with Crippen molar-refractivity contribution < 1.29 is 13.6 Å². The van der Waals surface area contributed by atoms with E-state index in [9.17, 15) is 4.57 Å². The molecule has 0 atom stereocenters. The average Bonchev–Trinajstić information content (AvgIpc) is 2.32. The van der Waals surface area contributed by atoms with E-state index in [1.54, 1.807) is 0 Å². The molecule has 1 rings (SSSR count). The molecule has 0 heterocycles. The van der Waals surface area contributed by atoms with E-state index in [-0.39, 0.29) is 0 Å². The Morgan fingerprint density at radius 3 is 2.00 bits per heavy atom. The van der Waals surface area contributed by atoms with E-state index in [0.717, 1.165) is 17.3 Å². The van der Waals surface area contributed by atoms with Crippen LogP contribution in [0.4, 0.5) is 0 Å². The van der Waals surface area contributed by atoms with Crippen molar-refractivity contribution in [2.24, 2.45) is 0 Å². The molecule has 0 N–H and O–H groups in total. The van der Waals surface area contributed by atoms with E-state index in [4.69, 9.17) is 9.05 Å². The van der Waals surface area contributed by atoms with E-state index in [0.29, 0.717) is 19.4 Å². The summed E-state index contributed by atoms with van der Waals surface area (Å²) in [7, 11) is -2.98. The highest BCUT2D eigenvalue weighted by Crippen LogP contribution is 2.51. The van der Waals surface area contributed by atoms with E-state index in [2.05, 4.69) is 28.1 Å². The predicted octanol–water partition coefficient (Wildman–Crippen LogP) is 4.39. The maximum absolute atomic E-state index is 12.3. The first kappa shape index (κ1) is 15.9. The molecule has 0 amide bonds. The molecule has 0 spiro atoms. The maximum atomic E-state index is 12.3. The van der Waals surface area contributed by atoms with Crippen LogP contribution in [-0.4, -0.2) is 18.5 Å². The molecular formula is C13H20BrO3P. The third kappa shape index (κ3) is 5.23. The predicted molar refractivity (Wildman–Crippen MR) is 78.5 cm³/mol. The number of benzene rings is 1.